The van der Waals surface area contributed by atoms with Crippen molar-refractivity contribution in [2.75, 3.05) is 11.9 Å². The van der Waals surface area contributed by atoms with Gasteiger partial charge in [0.05, 0.1) is 27.2 Å². The lowest BCUT2D eigenvalue weighted by molar-refractivity contribution is -0.118. The van der Waals surface area contributed by atoms with Crippen LogP contribution in [-0.2, 0) is 10.2 Å². The predicted octanol–water partition coefficient (Wildman–Crippen LogP) is 6.97. The van der Waals surface area contributed by atoms with Gasteiger partial charge in [-0.05, 0) is 54.4 Å². The van der Waals surface area contributed by atoms with E-state index >= 15 is 0 Å². The molecular weight excluding hydrogens is 591 g/mol. The number of hydrogen-bond acceptors (Lipinski definition) is 5. The van der Waals surface area contributed by atoms with Gasteiger partial charge in [0.15, 0.2) is 12.4 Å². The molecule has 0 unspecified atom stereocenters. The number of carbonyl (C=O) groups is 1. The lowest BCUT2D eigenvalue weighted by Gasteiger charge is -2.20. The van der Waals surface area contributed by atoms with Gasteiger partial charge in [0, 0.05) is 15.6 Å². The molecule has 1 N–H and O–H groups in total. The Hall–Kier alpha value is -3.20. The molecule has 10 heteroatoms. The first-order valence-corrected chi connectivity index (χ1v) is 13.2. The third-order valence-corrected chi connectivity index (χ3v) is 6.64. The monoisotopic (exact) mass is 614 g/mol. The molecule has 0 saturated heterocycles. The summed E-state index contributed by atoms with van der Waals surface area (Å²) in [4.78, 5) is 30.4. The highest BCUT2D eigenvalue weighted by Crippen LogP contribution is 2.34. The molecule has 0 aliphatic rings. The zero-order chi connectivity index (χ0) is 27.6. The second-order valence-corrected chi connectivity index (χ2v) is 11.4. The number of anilines is 1. The average molecular weight is 616 g/mol. The summed E-state index contributed by atoms with van der Waals surface area (Å²) in [5.41, 5.74) is 2.01. The summed E-state index contributed by atoms with van der Waals surface area (Å²) in [6, 6.07) is 16.0. The Balaban J connectivity index is 1.59. The van der Waals surface area contributed by atoms with Crippen molar-refractivity contribution in [1.29, 1.82) is 0 Å². The number of benzene rings is 3. The second kappa shape index (κ2) is 11.3. The van der Waals surface area contributed by atoms with Gasteiger partial charge in [-0.3, -0.25) is 9.59 Å². The topological polar surface area (TPSA) is 85.6 Å². The lowest BCUT2D eigenvalue weighted by atomic mass is 9.95. The van der Waals surface area contributed by atoms with E-state index in [1.54, 1.807) is 24.3 Å². The van der Waals surface area contributed by atoms with Crippen molar-refractivity contribution in [3.05, 3.63) is 96.4 Å². The summed E-state index contributed by atoms with van der Waals surface area (Å²) in [6.45, 7) is 7.50. The smallest absolute Gasteiger partial charge is 0.282 e. The Morgan fingerprint density at radius 1 is 1.13 bits per heavy atom. The van der Waals surface area contributed by atoms with Gasteiger partial charge in [0.2, 0.25) is 0 Å². The van der Waals surface area contributed by atoms with Crippen LogP contribution >= 0.6 is 39.1 Å². The molecule has 0 radical (unpaired) electrons. The Bertz CT molecular complexity index is 1600. The van der Waals surface area contributed by atoms with Gasteiger partial charge >= 0.3 is 0 Å². The van der Waals surface area contributed by atoms with Crippen LogP contribution in [0.15, 0.2) is 69.0 Å². The SMILES string of the molecule is Cc1ccccc1NC(=O)COc1c(Cl)cc(C=Nn2c(C(C)(C)C)nc3ccc(Br)cc3c2=O)cc1Cl. The molecule has 1 amide bonds. The van der Waals surface area contributed by atoms with E-state index in [-0.39, 0.29) is 33.9 Å². The van der Waals surface area contributed by atoms with Crippen molar-refractivity contribution in [3.8, 4) is 5.75 Å². The minimum absolute atomic E-state index is 0.176. The summed E-state index contributed by atoms with van der Waals surface area (Å²) in [6.07, 6.45) is 1.48. The largest absolute Gasteiger partial charge is 0.481 e. The molecule has 1 heterocycles. The number of amides is 1. The third kappa shape index (κ3) is 6.26. The van der Waals surface area contributed by atoms with Crippen LogP contribution in [0.2, 0.25) is 10.0 Å². The summed E-state index contributed by atoms with van der Waals surface area (Å²) >= 11 is 16.3. The number of fused-ring (bicyclic) bond motifs is 1. The van der Waals surface area contributed by atoms with Crippen LogP contribution in [-0.4, -0.2) is 28.4 Å². The number of aromatic nitrogens is 2. The Kier molecular flexibility index (Phi) is 8.25. The molecule has 0 bridgehead atoms. The number of aryl methyl sites for hydroxylation is 1. The maximum absolute atomic E-state index is 13.3. The predicted molar refractivity (Wildman–Crippen MR) is 157 cm³/mol. The molecule has 0 fully saturated rings. The van der Waals surface area contributed by atoms with Crippen molar-refractivity contribution in [1.82, 2.24) is 9.66 Å². The number of carbonyl (C=O) groups excluding carboxylic acids is 1. The Labute approximate surface area is 238 Å². The second-order valence-electron chi connectivity index (χ2n) is 9.67. The highest BCUT2D eigenvalue weighted by molar-refractivity contribution is 9.10. The van der Waals surface area contributed by atoms with Crippen molar-refractivity contribution in [3.63, 3.8) is 0 Å². The Morgan fingerprint density at radius 3 is 2.47 bits per heavy atom. The number of halogens is 3. The number of ether oxygens (including phenoxy) is 1. The zero-order valence-corrected chi connectivity index (χ0v) is 24.3. The number of rotatable bonds is 6. The number of hydrogen-bond donors (Lipinski definition) is 1. The van der Waals surface area contributed by atoms with Gasteiger partial charge in [-0.2, -0.15) is 9.78 Å². The molecule has 4 rings (SSSR count). The molecule has 7 nitrogen and oxygen atoms in total. The van der Waals surface area contributed by atoms with E-state index in [9.17, 15) is 9.59 Å². The van der Waals surface area contributed by atoms with E-state index in [4.69, 9.17) is 32.9 Å². The van der Waals surface area contributed by atoms with Crippen LogP contribution in [0.3, 0.4) is 0 Å². The van der Waals surface area contributed by atoms with E-state index in [1.807, 2.05) is 58.0 Å². The first kappa shape index (κ1) is 27.8. The number of nitrogens with one attached hydrogen (secondary N) is 1. The molecule has 0 aliphatic carbocycles. The van der Waals surface area contributed by atoms with Crippen molar-refractivity contribution in [2.24, 2.45) is 5.10 Å². The summed E-state index contributed by atoms with van der Waals surface area (Å²) in [5, 5.41) is 8.08. The standard InChI is InChI=1S/C28H25BrCl2N4O3/c1-16-7-5-6-8-22(16)33-24(36)15-38-25-20(30)11-17(12-21(25)31)14-32-35-26(37)19-13-18(29)9-10-23(19)34-27(35)28(2,3)4/h5-14H,15H2,1-4H3,(H,33,36). The highest BCUT2D eigenvalue weighted by Gasteiger charge is 2.23. The summed E-state index contributed by atoms with van der Waals surface area (Å²) in [7, 11) is 0. The van der Waals surface area contributed by atoms with E-state index in [0.717, 1.165) is 10.0 Å². The van der Waals surface area contributed by atoms with E-state index in [2.05, 4.69) is 26.3 Å². The fourth-order valence-corrected chi connectivity index (χ4v) is 4.67. The average Bonchev–Trinajstić information content (AvgIpc) is 2.84. The highest BCUT2D eigenvalue weighted by atomic mass is 79.9. The third-order valence-electron chi connectivity index (χ3n) is 5.59. The molecule has 0 spiro atoms. The van der Waals surface area contributed by atoms with E-state index < -0.39 is 5.41 Å². The van der Waals surface area contributed by atoms with E-state index in [0.29, 0.717) is 28.0 Å². The van der Waals surface area contributed by atoms with Gasteiger partial charge < -0.3 is 10.1 Å². The van der Waals surface area contributed by atoms with Gasteiger partial charge in [-0.25, -0.2) is 4.98 Å². The van der Waals surface area contributed by atoms with Crippen LogP contribution in [0.1, 0.15) is 37.7 Å². The molecule has 38 heavy (non-hydrogen) atoms. The molecular formula is C28H25BrCl2N4O3. The van der Waals surface area contributed by atoms with Crippen molar-refractivity contribution in [2.45, 2.75) is 33.1 Å². The van der Waals surface area contributed by atoms with Gasteiger partial charge in [-0.15, -0.1) is 0 Å². The fraction of sp³-hybridized carbons (Fsp3) is 0.214. The zero-order valence-electron chi connectivity index (χ0n) is 21.2. The van der Waals surface area contributed by atoms with Crippen LogP contribution in [0.25, 0.3) is 10.9 Å². The maximum Gasteiger partial charge on any atom is 0.282 e. The summed E-state index contributed by atoms with van der Waals surface area (Å²) in [5.74, 6) is 0.335. The quantitative estimate of drug-likeness (QED) is 0.237. The van der Waals surface area contributed by atoms with Gasteiger partial charge in [-0.1, -0.05) is 78.1 Å². The van der Waals surface area contributed by atoms with Crippen LogP contribution in [0.5, 0.6) is 5.75 Å². The molecule has 196 valence electrons. The fourth-order valence-electron chi connectivity index (χ4n) is 3.69. The first-order chi connectivity index (χ1) is 17.9. The van der Waals surface area contributed by atoms with Crippen LogP contribution < -0.4 is 15.6 Å². The Morgan fingerprint density at radius 2 is 1.82 bits per heavy atom. The first-order valence-electron chi connectivity index (χ1n) is 11.7. The molecule has 4 aromatic rings. The molecule has 0 atom stereocenters. The normalized spacial score (nSPS) is 11.8. The molecule has 1 aromatic heterocycles. The van der Waals surface area contributed by atoms with Gasteiger partial charge in [0.25, 0.3) is 11.5 Å². The molecule has 0 saturated carbocycles. The molecule has 3 aromatic carbocycles. The number of para-hydroxylation sites is 1. The van der Waals surface area contributed by atoms with Gasteiger partial charge in [0.1, 0.15) is 5.82 Å². The van der Waals surface area contributed by atoms with Crippen LogP contribution in [0.4, 0.5) is 5.69 Å². The molecule has 0 aliphatic heterocycles. The maximum atomic E-state index is 13.3. The minimum Gasteiger partial charge on any atom is -0.481 e. The summed E-state index contributed by atoms with van der Waals surface area (Å²) < 4.78 is 7.67. The van der Waals surface area contributed by atoms with Crippen LogP contribution in [0, 0.1) is 6.92 Å². The van der Waals surface area contributed by atoms with Crippen molar-refractivity contribution < 1.29 is 9.53 Å². The minimum atomic E-state index is -0.455. The lowest BCUT2D eigenvalue weighted by Crippen LogP contribution is -2.29. The number of nitrogens with zero attached hydrogens (tertiary/aromatic N) is 3. The van der Waals surface area contributed by atoms with E-state index in [1.165, 1.54) is 10.9 Å². The van der Waals surface area contributed by atoms with Crippen molar-refractivity contribution >= 4 is 67.8 Å².